The van der Waals surface area contributed by atoms with Crippen molar-refractivity contribution in [1.29, 1.82) is 0 Å². The topological polar surface area (TPSA) is 42.0 Å². The van der Waals surface area contributed by atoms with Gasteiger partial charge < -0.3 is 5.32 Å². The van der Waals surface area contributed by atoms with Gasteiger partial charge >= 0.3 is 0 Å². The van der Waals surface area contributed by atoms with Crippen LogP contribution >= 0.6 is 15.9 Å². The van der Waals surface area contributed by atoms with Crippen LogP contribution in [0.5, 0.6) is 0 Å². The quantitative estimate of drug-likeness (QED) is 0.882. The van der Waals surface area contributed by atoms with E-state index in [1.165, 1.54) is 0 Å². The summed E-state index contributed by atoms with van der Waals surface area (Å²) in [6, 6.07) is 9.74. The molecular weight excluding hydrogens is 280 g/mol. The van der Waals surface area contributed by atoms with Crippen LogP contribution in [0.1, 0.15) is 13.3 Å². The van der Waals surface area contributed by atoms with Crippen molar-refractivity contribution >= 4 is 38.4 Å². The van der Waals surface area contributed by atoms with Gasteiger partial charge in [0, 0.05) is 5.39 Å². The molecule has 0 radical (unpaired) electrons. The Labute approximate surface area is 108 Å². The molecule has 1 aromatic carbocycles. The van der Waals surface area contributed by atoms with Crippen LogP contribution in [0.4, 0.5) is 5.69 Å². The fourth-order valence-corrected chi connectivity index (χ4v) is 1.66. The summed E-state index contributed by atoms with van der Waals surface area (Å²) in [6.07, 6.45) is 2.43. The molecule has 1 amide bonds. The van der Waals surface area contributed by atoms with E-state index >= 15 is 0 Å². The second-order valence-electron chi connectivity index (χ2n) is 3.78. The lowest BCUT2D eigenvalue weighted by atomic mass is 10.2. The molecule has 1 unspecified atom stereocenters. The van der Waals surface area contributed by atoms with E-state index < -0.39 is 0 Å². The number of rotatable bonds is 3. The molecule has 1 N–H and O–H groups in total. The third-order valence-electron chi connectivity index (χ3n) is 2.50. The van der Waals surface area contributed by atoms with E-state index in [-0.39, 0.29) is 10.7 Å². The Morgan fingerprint density at radius 3 is 3.00 bits per heavy atom. The molecule has 0 aliphatic heterocycles. The van der Waals surface area contributed by atoms with Gasteiger partial charge in [-0.2, -0.15) is 0 Å². The highest BCUT2D eigenvalue weighted by atomic mass is 79.9. The number of aromatic nitrogens is 1. The molecule has 4 heteroatoms. The van der Waals surface area contributed by atoms with E-state index in [1.807, 2.05) is 37.3 Å². The van der Waals surface area contributed by atoms with Gasteiger partial charge in [0.15, 0.2) is 0 Å². The van der Waals surface area contributed by atoms with Crippen LogP contribution in [-0.4, -0.2) is 15.7 Å². The number of para-hydroxylation sites is 1. The maximum Gasteiger partial charge on any atom is 0.238 e. The van der Waals surface area contributed by atoms with Gasteiger partial charge in [-0.1, -0.05) is 41.1 Å². The highest BCUT2D eigenvalue weighted by Gasteiger charge is 2.12. The Hall–Kier alpha value is -1.42. The third kappa shape index (κ3) is 2.82. The molecular formula is C13H13BrN2O. The smallest absolute Gasteiger partial charge is 0.238 e. The predicted octanol–water partition coefficient (Wildman–Crippen LogP) is 3.35. The Kier molecular flexibility index (Phi) is 3.74. The average Bonchev–Trinajstić information content (AvgIpc) is 2.37. The van der Waals surface area contributed by atoms with Crippen molar-refractivity contribution < 1.29 is 4.79 Å². The number of alkyl halides is 1. The highest BCUT2D eigenvalue weighted by molar-refractivity contribution is 9.10. The van der Waals surface area contributed by atoms with E-state index in [0.717, 1.165) is 23.0 Å². The number of amides is 1. The zero-order valence-electron chi connectivity index (χ0n) is 9.48. The van der Waals surface area contributed by atoms with Gasteiger partial charge in [0.25, 0.3) is 0 Å². The molecule has 0 fully saturated rings. The molecule has 3 nitrogen and oxygen atoms in total. The summed E-state index contributed by atoms with van der Waals surface area (Å²) in [5.74, 6) is -0.0374. The number of carbonyl (C=O) groups excluding carboxylic acids is 1. The summed E-state index contributed by atoms with van der Waals surface area (Å²) < 4.78 is 0. The highest BCUT2D eigenvalue weighted by Crippen LogP contribution is 2.17. The second-order valence-corrected chi connectivity index (χ2v) is 4.89. The first-order chi connectivity index (χ1) is 8.20. The number of hydrogen-bond acceptors (Lipinski definition) is 2. The van der Waals surface area contributed by atoms with Crippen LogP contribution in [0.2, 0.25) is 0 Å². The summed E-state index contributed by atoms with van der Waals surface area (Å²) in [7, 11) is 0. The minimum absolute atomic E-state index is 0.0374. The molecule has 0 spiro atoms. The number of nitrogens with zero attached hydrogens (tertiary/aromatic N) is 1. The van der Waals surface area contributed by atoms with Crippen molar-refractivity contribution in [2.45, 2.75) is 18.2 Å². The lowest BCUT2D eigenvalue weighted by Gasteiger charge is -2.08. The van der Waals surface area contributed by atoms with Gasteiger partial charge in [-0.05, 0) is 18.6 Å². The number of fused-ring (bicyclic) bond motifs is 1. The van der Waals surface area contributed by atoms with Gasteiger partial charge in [-0.3, -0.25) is 9.78 Å². The van der Waals surface area contributed by atoms with Gasteiger partial charge in [-0.25, -0.2) is 0 Å². The minimum atomic E-state index is -0.158. The van der Waals surface area contributed by atoms with E-state index in [9.17, 15) is 4.79 Å². The molecule has 2 rings (SSSR count). The van der Waals surface area contributed by atoms with Gasteiger partial charge in [-0.15, -0.1) is 0 Å². The van der Waals surface area contributed by atoms with Crippen molar-refractivity contribution in [2.75, 3.05) is 5.32 Å². The summed E-state index contributed by atoms with van der Waals surface area (Å²) >= 11 is 3.32. The monoisotopic (exact) mass is 292 g/mol. The lowest BCUT2D eigenvalue weighted by molar-refractivity contribution is -0.115. The zero-order valence-corrected chi connectivity index (χ0v) is 11.1. The molecule has 1 aromatic heterocycles. The van der Waals surface area contributed by atoms with Crippen LogP contribution in [0.3, 0.4) is 0 Å². The van der Waals surface area contributed by atoms with Gasteiger partial charge in [0.05, 0.1) is 22.2 Å². The molecule has 1 atom stereocenters. The number of halogens is 1. The summed E-state index contributed by atoms with van der Waals surface area (Å²) in [6.45, 7) is 1.96. The van der Waals surface area contributed by atoms with Crippen LogP contribution in [0.15, 0.2) is 36.5 Å². The van der Waals surface area contributed by atoms with Crippen molar-refractivity contribution in [2.24, 2.45) is 0 Å². The van der Waals surface area contributed by atoms with Crippen molar-refractivity contribution in [3.63, 3.8) is 0 Å². The van der Waals surface area contributed by atoms with Gasteiger partial charge in [0.1, 0.15) is 0 Å². The number of nitrogens with one attached hydrogen (secondary N) is 1. The summed E-state index contributed by atoms with van der Waals surface area (Å²) in [5.41, 5.74) is 1.66. The van der Waals surface area contributed by atoms with Crippen molar-refractivity contribution in [3.05, 3.63) is 36.5 Å². The van der Waals surface area contributed by atoms with E-state index in [2.05, 4.69) is 26.2 Å². The molecule has 0 aliphatic rings. The first-order valence-electron chi connectivity index (χ1n) is 5.50. The third-order valence-corrected chi connectivity index (χ3v) is 3.56. The lowest BCUT2D eigenvalue weighted by Crippen LogP contribution is -2.21. The average molecular weight is 293 g/mol. The molecule has 88 valence electrons. The SMILES string of the molecule is CCC(Br)C(=O)Nc1cnc2ccccc2c1. The maximum absolute atomic E-state index is 11.7. The largest absolute Gasteiger partial charge is 0.324 e. The molecule has 0 bridgehead atoms. The first-order valence-corrected chi connectivity index (χ1v) is 6.42. The van der Waals surface area contributed by atoms with Gasteiger partial charge in [0.2, 0.25) is 5.91 Å². The Morgan fingerprint density at radius 1 is 1.47 bits per heavy atom. The summed E-state index contributed by atoms with van der Waals surface area (Å²) in [4.78, 5) is 15.8. The van der Waals surface area contributed by atoms with Crippen molar-refractivity contribution in [1.82, 2.24) is 4.98 Å². The maximum atomic E-state index is 11.7. The predicted molar refractivity (Wildman–Crippen MR) is 73.4 cm³/mol. The Balaban J connectivity index is 2.22. The van der Waals surface area contributed by atoms with Crippen LogP contribution in [0, 0.1) is 0 Å². The second kappa shape index (κ2) is 5.27. The molecule has 0 saturated carbocycles. The van der Waals surface area contributed by atoms with E-state index in [4.69, 9.17) is 0 Å². The number of anilines is 1. The van der Waals surface area contributed by atoms with Crippen LogP contribution in [0.25, 0.3) is 10.9 Å². The molecule has 0 aliphatic carbocycles. The van der Waals surface area contributed by atoms with E-state index in [1.54, 1.807) is 6.20 Å². The van der Waals surface area contributed by atoms with Crippen LogP contribution in [-0.2, 0) is 4.79 Å². The standard InChI is InChI=1S/C13H13BrN2O/c1-2-11(14)13(17)16-10-7-9-5-3-4-6-12(9)15-8-10/h3-8,11H,2H2,1H3,(H,16,17). The molecule has 0 saturated heterocycles. The fourth-order valence-electron chi connectivity index (χ4n) is 1.55. The summed E-state index contributed by atoms with van der Waals surface area (Å²) in [5, 5.41) is 3.86. The molecule has 2 aromatic rings. The Morgan fingerprint density at radius 2 is 2.24 bits per heavy atom. The molecule has 1 heterocycles. The number of hydrogen-bond donors (Lipinski definition) is 1. The minimum Gasteiger partial charge on any atom is -0.324 e. The number of carbonyl (C=O) groups is 1. The zero-order chi connectivity index (χ0) is 12.3. The number of pyridine rings is 1. The van der Waals surface area contributed by atoms with Crippen molar-refractivity contribution in [3.8, 4) is 0 Å². The fraction of sp³-hybridized carbons (Fsp3) is 0.231. The normalized spacial score (nSPS) is 12.4. The molecule has 17 heavy (non-hydrogen) atoms. The van der Waals surface area contributed by atoms with E-state index in [0.29, 0.717) is 0 Å². The Bertz CT molecular complexity index is 542. The number of benzene rings is 1. The first kappa shape index (κ1) is 12.0. The van der Waals surface area contributed by atoms with Crippen LogP contribution < -0.4 is 5.32 Å².